The van der Waals surface area contributed by atoms with Gasteiger partial charge in [0.2, 0.25) is 0 Å². The third-order valence-electron chi connectivity index (χ3n) is 3.44. The number of carbonyl (C=O) groups is 1. The Morgan fingerprint density at radius 3 is 2.25 bits per heavy atom. The van der Waals surface area contributed by atoms with Crippen LogP contribution in [0.3, 0.4) is 0 Å². The van der Waals surface area contributed by atoms with E-state index in [1.54, 1.807) is 0 Å². The van der Waals surface area contributed by atoms with Crippen molar-refractivity contribution >= 4 is 6.03 Å². The predicted octanol–water partition coefficient (Wildman–Crippen LogP) is 4.13. The van der Waals surface area contributed by atoms with Gasteiger partial charge >= 0.3 is 6.03 Å². The van der Waals surface area contributed by atoms with E-state index in [2.05, 4.69) is 57.3 Å². The van der Waals surface area contributed by atoms with Crippen molar-refractivity contribution < 1.29 is 4.79 Å². The molecule has 0 bridgehead atoms. The summed E-state index contributed by atoms with van der Waals surface area (Å²) in [5.41, 5.74) is 2.41. The maximum atomic E-state index is 12.3. The Hall–Kier alpha value is -1.51. The molecule has 1 aromatic rings. The number of aryl methyl sites for hydroxylation is 1. The largest absolute Gasteiger partial charge is 0.331 e. The van der Waals surface area contributed by atoms with Gasteiger partial charge < -0.3 is 10.2 Å². The van der Waals surface area contributed by atoms with Crippen molar-refractivity contribution in [3.63, 3.8) is 0 Å². The highest BCUT2D eigenvalue weighted by Gasteiger charge is 2.17. The molecule has 1 aromatic carbocycles. The van der Waals surface area contributed by atoms with Gasteiger partial charge in [-0.1, -0.05) is 50.6 Å². The molecule has 0 aliphatic heterocycles. The number of nitrogens with zero attached hydrogens (tertiary/aromatic N) is 1. The molecule has 2 amide bonds. The SMILES string of the molecule is CCC(NC(=O)N(CC)CC(C)C)c1ccc(C)cc1. The molecule has 112 valence electrons. The molecule has 3 heteroatoms. The molecule has 0 aliphatic carbocycles. The number of carbonyl (C=O) groups excluding carboxylic acids is 1. The molecule has 1 rings (SSSR count). The van der Waals surface area contributed by atoms with Crippen molar-refractivity contribution in [2.24, 2.45) is 5.92 Å². The molecule has 0 aliphatic rings. The van der Waals surface area contributed by atoms with Gasteiger partial charge in [-0.3, -0.25) is 0 Å². The van der Waals surface area contributed by atoms with Crippen LogP contribution in [0.15, 0.2) is 24.3 Å². The van der Waals surface area contributed by atoms with Gasteiger partial charge in [0, 0.05) is 13.1 Å². The summed E-state index contributed by atoms with van der Waals surface area (Å²) < 4.78 is 0. The number of amides is 2. The zero-order chi connectivity index (χ0) is 15.1. The Labute approximate surface area is 123 Å². The maximum absolute atomic E-state index is 12.3. The first-order valence-electron chi connectivity index (χ1n) is 7.59. The second-order valence-corrected chi connectivity index (χ2v) is 5.75. The number of hydrogen-bond acceptors (Lipinski definition) is 1. The van der Waals surface area contributed by atoms with Gasteiger partial charge in [0.05, 0.1) is 6.04 Å². The minimum atomic E-state index is 0.0358. The van der Waals surface area contributed by atoms with Crippen LogP contribution in [0.4, 0.5) is 4.79 Å². The minimum absolute atomic E-state index is 0.0358. The normalized spacial score (nSPS) is 12.3. The van der Waals surface area contributed by atoms with Crippen LogP contribution in [0, 0.1) is 12.8 Å². The number of rotatable bonds is 6. The second kappa shape index (κ2) is 7.93. The van der Waals surface area contributed by atoms with Crippen molar-refractivity contribution in [2.45, 2.75) is 47.1 Å². The van der Waals surface area contributed by atoms with Crippen molar-refractivity contribution in [2.75, 3.05) is 13.1 Å². The van der Waals surface area contributed by atoms with Gasteiger partial charge in [-0.15, -0.1) is 0 Å². The lowest BCUT2D eigenvalue weighted by Crippen LogP contribution is -2.43. The Balaban J connectivity index is 2.72. The van der Waals surface area contributed by atoms with Gasteiger partial charge in [-0.25, -0.2) is 4.79 Å². The third kappa shape index (κ3) is 4.87. The van der Waals surface area contributed by atoms with Crippen LogP contribution in [0.1, 0.15) is 51.3 Å². The fourth-order valence-corrected chi connectivity index (χ4v) is 2.26. The van der Waals surface area contributed by atoms with Crippen molar-refractivity contribution in [1.29, 1.82) is 0 Å². The summed E-state index contributed by atoms with van der Waals surface area (Å²) in [6.07, 6.45) is 0.897. The first-order chi connectivity index (χ1) is 9.47. The summed E-state index contributed by atoms with van der Waals surface area (Å²) in [5.74, 6) is 0.486. The van der Waals surface area contributed by atoms with Crippen LogP contribution in [0.2, 0.25) is 0 Å². The molecule has 0 spiro atoms. The maximum Gasteiger partial charge on any atom is 0.317 e. The number of nitrogens with one attached hydrogen (secondary N) is 1. The number of benzene rings is 1. The number of urea groups is 1. The van der Waals surface area contributed by atoms with Gasteiger partial charge in [0.15, 0.2) is 0 Å². The summed E-state index contributed by atoms with van der Waals surface area (Å²) in [4.78, 5) is 14.2. The summed E-state index contributed by atoms with van der Waals surface area (Å²) >= 11 is 0. The first-order valence-corrected chi connectivity index (χ1v) is 7.59. The van der Waals surface area contributed by atoms with Crippen LogP contribution < -0.4 is 5.32 Å². The van der Waals surface area contributed by atoms with E-state index in [0.717, 1.165) is 19.5 Å². The van der Waals surface area contributed by atoms with E-state index in [1.165, 1.54) is 11.1 Å². The molecule has 0 saturated carbocycles. The molecule has 3 nitrogen and oxygen atoms in total. The van der Waals surface area contributed by atoms with E-state index in [9.17, 15) is 4.79 Å². The standard InChI is InChI=1S/C17H28N2O/c1-6-16(15-10-8-14(5)9-11-15)18-17(20)19(7-2)12-13(3)4/h8-11,13,16H,6-7,12H2,1-5H3,(H,18,20). The van der Waals surface area contributed by atoms with Gasteiger partial charge in [0.1, 0.15) is 0 Å². The average Bonchev–Trinajstić information content (AvgIpc) is 2.42. The molecule has 1 N–H and O–H groups in total. The average molecular weight is 276 g/mol. The van der Waals surface area contributed by atoms with Crippen LogP contribution in [0.5, 0.6) is 0 Å². The third-order valence-corrected chi connectivity index (χ3v) is 3.44. The van der Waals surface area contributed by atoms with Gasteiger partial charge in [0.25, 0.3) is 0 Å². The van der Waals surface area contributed by atoms with Gasteiger partial charge in [-0.05, 0) is 31.7 Å². The van der Waals surface area contributed by atoms with Crippen LogP contribution in [-0.4, -0.2) is 24.0 Å². The van der Waals surface area contributed by atoms with Crippen molar-refractivity contribution in [3.8, 4) is 0 Å². The Bertz CT molecular complexity index is 412. The minimum Gasteiger partial charge on any atom is -0.331 e. The fraction of sp³-hybridized carbons (Fsp3) is 0.588. The molecular weight excluding hydrogens is 248 g/mol. The van der Waals surface area contributed by atoms with E-state index >= 15 is 0 Å². The lowest BCUT2D eigenvalue weighted by Gasteiger charge is -2.26. The van der Waals surface area contributed by atoms with E-state index in [1.807, 2.05) is 11.8 Å². The van der Waals surface area contributed by atoms with Crippen LogP contribution >= 0.6 is 0 Å². The van der Waals surface area contributed by atoms with E-state index in [-0.39, 0.29) is 12.1 Å². The molecule has 0 radical (unpaired) electrons. The Morgan fingerprint density at radius 2 is 1.80 bits per heavy atom. The molecule has 1 atom stereocenters. The highest BCUT2D eigenvalue weighted by molar-refractivity contribution is 5.74. The highest BCUT2D eigenvalue weighted by atomic mass is 16.2. The highest BCUT2D eigenvalue weighted by Crippen LogP contribution is 2.17. The van der Waals surface area contributed by atoms with E-state index < -0.39 is 0 Å². The van der Waals surface area contributed by atoms with Crippen LogP contribution in [0.25, 0.3) is 0 Å². The van der Waals surface area contributed by atoms with Crippen molar-refractivity contribution in [1.82, 2.24) is 10.2 Å². The quantitative estimate of drug-likeness (QED) is 0.832. The Kier molecular flexibility index (Phi) is 6.56. The zero-order valence-corrected chi connectivity index (χ0v) is 13.4. The monoisotopic (exact) mass is 276 g/mol. The van der Waals surface area contributed by atoms with Crippen molar-refractivity contribution in [3.05, 3.63) is 35.4 Å². The Morgan fingerprint density at radius 1 is 1.20 bits per heavy atom. The topological polar surface area (TPSA) is 32.3 Å². The molecule has 0 fully saturated rings. The van der Waals surface area contributed by atoms with Gasteiger partial charge in [-0.2, -0.15) is 0 Å². The predicted molar refractivity (Wildman–Crippen MR) is 84.8 cm³/mol. The molecule has 0 aromatic heterocycles. The van der Waals surface area contributed by atoms with E-state index in [0.29, 0.717) is 5.92 Å². The number of hydrogen-bond donors (Lipinski definition) is 1. The second-order valence-electron chi connectivity index (χ2n) is 5.75. The zero-order valence-electron chi connectivity index (χ0n) is 13.4. The van der Waals surface area contributed by atoms with Crippen LogP contribution in [-0.2, 0) is 0 Å². The molecule has 20 heavy (non-hydrogen) atoms. The summed E-state index contributed by atoms with van der Waals surface area (Å²) in [5, 5.41) is 3.15. The summed E-state index contributed by atoms with van der Waals surface area (Å²) in [7, 11) is 0. The first kappa shape index (κ1) is 16.5. The smallest absolute Gasteiger partial charge is 0.317 e. The lowest BCUT2D eigenvalue weighted by atomic mass is 10.0. The fourth-order valence-electron chi connectivity index (χ4n) is 2.26. The molecule has 1 unspecified atom stereocenters. The summed E-state index contributed by atoms with van der Waals surface area (Å²) in [6.45, 7) is 12.0. The lowest BCUT2D eigenvalue weighted by molar-refractivity contribution is 0.189. The summed E-state index contributed by atoms with van der Waals surface area (Å²) in [6, 6.07) is 8.51. The van der Waals surface area contributed by atoms with E-state index in [4.69, 9.17) is 0 Å². The molecule has 0 saturated heterocycles. The molecule has 0 heterocycles. The molecular formula is C17H28N2O.